The second kappa shape index (κ2) is 9.00. The van der Waals surface area contributed by atoms with Gasteiger partial charge in [0.25, 0.3) is 11.8 Å². The highest BCUT2D eigenvalue weighted by Gasteiger charge is 2.26. The summed E-state index contributed by atoms with van der Waals surface area (Å²) in [5, 5.41) is 6.43. The number of thiophene rings is 1. The van der Waals surface area contributed by atoms with Crippen LogP contribution in [0.4, 0.5) is 10.8 Å². The van der Waals surface area contributed by atoms with Crippen LogP contribution in [0.3, 0.4) is 0 Å². The summed E-state index contributed by atoms with van der Waals surface area (Å²) in [5.74, 6) is 1.13. The van der Waals surface area contributed by atoms with Gasteiger partial charge in [-0.3, -0.25) is 9.59 Å². The Kier molecular flexibility index (Phi) is 5.77. The molecule has 0 saturated heterocycles. The molecule has 0 spiro atoms. The quantitative estimate of drug-likeness (QED) is 0.564. The first-order valence-corrected chi connectivity index (χ1v) is 11.6. The number of nitrogens with zero attached hydrogens (tertiary/aromatic N) is 1. The lowest BCUT2D eigenvalue weighted by molar-refractivity contribution is 0.102. The van der Waals surface area contributed by atoms with Crippen LogP contribution in [0.1, 0.15) is 50.4 Å². The van der Waals surface area contributed by atoms with E-state index in [1.54, 1.807) is 36.5 Å². The number of hydrogen-bond acceptors (Lipinski definition) is 6. The van der Waals surface area contributed by atoms with E-state index < -0.39 is 0 Å². The van der Waals surface area contributed by atoms with Crippen LogP contribution in [-0.4, -0.2) is 30.0 Å². The molecule has 1 aliphatic heterocycles. The molecule has 1 aromatic carbocycles. The highest BCUT2D eigenvalue weighted by atomic mass is 32.1. The lowest BCUT2D eigenvalue weighted by Gasteiger charge is -2.18. The molecule has 0 bridgehead atoms. The van der Waals surface area contributed by atoms with E-state index in [0.717, 1.165) is 37.7 Å². The highest BCUT2D eigenvalue weighted by Crippen LogP contribution is 2.38. The summed E-state index contributed by atoms with van der Waals surface area (Å²) in [5.41, 5.74) is 2.04. The van der Waals surface area contributed by atoms with Crippen LogP contribution in [0.2, 0.25) is 0 Å². The van der Waals surface area contributed by atoms with Crippen molar-refractivity contribution in [2.75, 3.05) is 23.8 Å². The first-order chi connectivity index (χ1) is 15.7. The van der Waals surface area contributed by atoms with Crippen molar-refractivity contribution in [2.24, 2.45) is 0 Å². The number of amides is 2. The third-order valence-electron chi connectivity index (χ3n) is 5.59. The Labute approximate surface area is 189 Å². The maximum absolute atomic E-state index is 13.3. The second-order valence-electron chi connectivity index (χ2n) is 7.75. The topological polar surface area (TPSA) is 89.6 Å². The van der Waals surface area contributed by atoms with Crippen molar-refractivity contribution in [1.29, 1.82) is 0 Å². The molecule has 2 amide bonds. The largest absolute Gasteiger partial charge is 0.486 e. The Morgan fingerprint density at radius 2 is 1.75 bits per heavy atom. The Hall–Kier alpha value is -3.39. The number of pyridine rings is 1. The van der Waals surface area contributed by atoms with E-state index in [9.17, 15) is 9.59 Å². The van der Waals surface area contributed by atoms with E-state index in [0.29, 0.717) is 46.7 Å². The third-order valence-corrected chi connectivity index (χ3v) is 6.79. The fourth-order valence-electron chi connectivity index (χ4n) is 4.05. The lowest BCUT2D eigenvalue weighted by atomic mass is 10.0. The predicted octanol–water partition coefficient (Wildman–Crippen LogP) is 4.69. The summed E-state index contributed by atoms with van der Waals surface area (Å²) in [6, 6.07) is 10.5. The molecule has 0 radical (unpaired) electrons. The van der Waals surface area contributed by atoms with Gasteiger partial charge >= 0.3 is 0 Å². The average Bonchev–Trinajstić information content (AvgIpc) is 2.99. The van der Waals surface area contributed by atoms with Gasteiger partial charge in [0, 0.05) is 16.6 Å². The standard InChI is InChI=1S/C24H23N3O4S/c28-22(15-9-10-17-18(14-15)31-13-12-30-17)27-24-21(16-6-2-1-3-7-19(16)32-24)23(29)26-20-8-4-5-11-25-20/h4-5,8-11,14H,1-3,6-7,12-13H2,(H,27,28)(H,25,26,29). The summed E-state index contributed by atoms with van der Waals surface area (Å²) >= 11 is 1.50. The third kappa shape index (κ3) is 4.18. The van der Waals surface area contributed by atoms with Crippen molar-refractivity contribution in [3.63, 3.8) is 0 Å². The van der Waals surface area contributed by atoms with Gasteiger partial charge in [-0.2, -0.15) is 0 Å². The smallest absolute Gasteiger partial charge is 0.260 e. The van der Waals surface area contributed by atoms with Crippen molar-refractivity contribution >= 4 is 34.0 Å². The number of benzene rings is 1. The van der Waals surface area contributed by atoms with Crippen molar-refractivity contribution in [1.82, 2.24) is 4.98 Å². The fourth-order valence-corrected chi connectivity index (χ4v) is 5.33. The van der Waals surface area contributed by atoms with Gasteiger partial charge in [0.05, 0.1) is 5.56 Å². The van der Waals surface area contributed by atoms with Crippen molar-refractivity contribution in [3.8, 4) is 11.5 Å². The van der Waals surface area contributed by atoms with Gasteiger partial charge < -0.3 is 20.1 Å². The number of nitrogens with one attached hydrogen (secondary N) is 2. The van der Waals surface area contributed by atoms with Gasteiger partial charge in [0.1, 0.15) is 24.0 Å². The Bertz CT molecular complexity index is 1160. The zero-order valence-corrected chi connectivity index (χ0v) is 18.3. The molecule has 0 unspecified atom stereocenters. The summed E-state index contributed by atoms with van der Waals surface area (Å²) < 4.78 is 11.1. The Morgan fingerprint density at radius 1 is 0.906 bits per heavy atom. The van der Waals surface area contributed by atoms with Crippen LogP contribution in [0.5, 0.6) is 11.5 Å². The molecule has 1 aliphatic carbocycles. The number of anilines is 2. The second-order valence-corrected chi connectivity index (χ2v) is 8.86. The number of carbonyl (C=O) groups is 2. The van der Waals surface area contributed by atoms with Gasteiger partial charge in [-0.1, -0.05) is 12.5 Å². The maximum atomic E-state index is 13.3. The minimum atomic E-state index is -0.287. The summed E-state index contributed by atoms with van der Waals surface area (Å²) in [6.45, 7) is 0.946. The van der Waals surface area contributed by atoms with E-state index >= 15 is 0 Å². The summed E-state index contributed by atoms with van der Waals surface area (Å²) in [4.78, 5) is 31.7. The SMILES string of the molecule is O=C(Nc1sc2c(c1C(=O)Nc1ccccn1)CCCCC2)c1ccc2c(c1)OCCO2. The highest BCUT2D eigenvalue weighted by molar-refractivity contribution is 7.17. The van der Waals surface area contributed by atoms with Gasteiger partial charge in [0.2, 0.25) is 0 Å². The first-order valence-electron chi connectivity index (χ1n) is 10.8. The van der Waals surface area contributed by atoms with Crippen LogP contribution >= 0.6 is 11.3 Å². The molecule has 2 N–H and O–H groups in total. The molecule has 0 atom stereocenters. The molecule has 7 nitrogen and oxygen atoms in total. The van der Waals surface area contributed by atoms with Gasteiger partial charge in [0.15, 0.2) is 11.5 Å². The van der Waals surface area contributed by atoms with Gasteiger partial charge in [-0.15, -0.1) is 11.3 Å². The molecule has 0 saturated carbocycles. The van der Waals surface area contributed by atoms with Crippen molar-refractivity contribution < 1.29 is 19.1 Å². The number of aryl methyl sites for hydroxylation is 1. The Balaban J connectivity index is 1.45. The van der Waals surface area contributed by atoms with E-state index in [4.69, 9.17) is 9.47 Å². The molecule has 5 rings (SSSR count). The number of ether oxygens (including phenoxy) is 2. The zero-order valence-electron chi connectivity index (χ0n) is 17.5. The average molecular weight is 450 g/mol. The van der Waals surface area contributed by atoms with E-state index in [-0.39, 0.29) is 11.8 Å². The van der Waals surface area contributed by atoms with Crippen LogP contribution in [0.25, 0.3) is 0 Å². The van der Waals surface area contributed by atoms with E-state index in [1.165, 1.54) is 16.2 Å². The maximum Gasteiger partial charge on any atom is 0.260 e. The minimum absolute atomic E-state index is 0.249. The first kappa shape index (κ1) is 20.5. The van der Waals surface area contributed by atoms with Crippen LogP contribution in [-0.2, 0) is 12.8 Å². The molecule has 3 aromatic rings. The molecular weight excluding hydrogens is 426 g/mol. The number of hydrogen-bond donors (Lipinski definition) is 2. The molecule has 2 aromatic heterocycles. The summed E-state index contributed by atoms with van der Waals surface area (Å²) in [6.07, 6.45) is 6.64. The molecule has 3 heterocycles. The number of aromatic nitrogens is 1. The molecule has 2 aliphatic rings. The molecule has 164 valence electrons. The molecule has 8 heteroatoms. The Morgan fingerprint density at radius 3 is 2.59 bits per heavy atom. The lowest BCUT2D eigenvalue weighted by Crippen LogP contribution is -2.19. The van der Waals surface area contributed by atoms with E-state index in [2.05, 4.69) is 15.6 Å². The van der Waals surface area contributed by atoms with Crippen LogP contribution in [0, 0.1) is 0 Å². The minimum Gasteiger partial charge on any atom is -0.486 e. The van der Waals surface area contributed by atoms with Crippen molar-refractivity contribution in [3.05, 3.63) is 64.2 Å². The van der Waals surface area contributed by atoms with Gasteiger partial charge in [-0.25, -0.2) is 4.98 Å². The fraction of sp³-hybridized carbons (Fsp3) is 0.292. The molecule has 32 heavy (non-hydrogen) atoms. The predicted molar refractivity (Wildman–Crippen MR) is 123 cm³/mol. The van der Waals surface area contributed by atoms with Crippen molar-refractivity contribution in [2.45, 2.75) is 32.1 Å². The number of fused-ring (bicyclic) bond motifs is 2. The van der Waals surface area contributed by atoms with E-state index in [1.807, 2.05) is 6.07 Å². The number of carbonyl (C=O) groups excluding carboxylic acids is 2. The summed E-state index contributed by atoms with van der Waals surface area (Å²) in [7, 11) is 0. The van der Waals surface area contributed by atoms with Gasteiger partial charge in [-0.05, 0) is 61.6 Å². The van der Waals surface area contributed by atoms with Crippen LogP contribution in [0.15, 0.2) is 42.6 Å². The molecular formula is C24H23N3O4S. The normalized spacial score (nSPS) is 14.8. The zero-order chi connectivity index (χ0) is 21.9. The number of rotatable bonds is 4. The van der Waals surface area contributed by atoms with Crippen LogP contribution < -0.4 is 20.1 Å². The monoisotopic (exact) mass is 449 g/mol. The molecule has 0 fully saturated rings.